The number of alkyl halides is 3. The van der Waals surface area contributed by atoms with Gasteiger partial charge in [0, 0.05) is 12.5 Å². The predicted octanol–water partition coefficient (Wildman–Crippen LogP) is 4.07. The lowest BCUT2D eigenvalue weighted by atomic mass is 10.1. The van der Waals surface area contributed by atoms with Crippen molar-refractivity contribution in [3.05, 3.63) is 71.1 Å². The van der Waals surface area contributed by atoms with Crippen LogP contribution in [0.15, 0.2) is 64.8 Å². The topological polar surface area (TPSA) is 167 Å². The number of benzene rings is 2. The third-order valence-electron chi connectivity index (χ3n) is 6.41. The number of amides is 1. The standard InChI is InChI=1S/C26H27F3N6O8S/c1-16-6-8-18(9-7-16)22-15-23(26(27,28)29)30-34(22)19-10-12-20(13-11-19)44(39,40)31-24(36)21-5-4-14-33(21)35(38)32-43-17(2)42-25(37)41-3/h6-13,15,17,21H,4-5,14H2,1-3H3,(H,31,36)/b35-32-/t17?,21-/m0/s1. The molecule has 2 aromatic carbocycles. The van der Waals surface area contributed by atoms with Crippen LogP contribution in [0.4, 0.5) is 18.0 Å². The number of hydrogen-bond donors (Lipinski definition) is 1. The second-order valence-electron chi connectivity index (χ2n) is 9.55. The number of nitrogens with one attached hydrogen (secondary N) is 1. The van der Waals surface area contributed by atoms with E-state index in [-0.39, 0.29) is 34.2 Å². The summed E-state index contributed by atoms with van der Waals surface area (Å²) in [6, 6.07) is 11.1. The van der Waals surface area contributed by atoms with Gasteiger partial charge in [-0.2, -0.15) is 18.3 Å². The molecule has 0 aliphatic carbocycles. The molecule has 1 aliphatic rings. The first-order valence-electron chi connectivity index (χ1n) is 13.0. The Balaban J connectivity index is 1.51. The van der Waals surface area contributed by atoms with Gasteiger partial charge in [0.2, 0.25) is 5.28 Å². The van der Waals surface area contributed by atoms with Crippen LogP contribution in [-0.2, 0) is 35.3 Å². The zero-order valence-electron chi connectivity index (χ0n) is 23.5. The summed E-state index contributed by atoms with van der Waals surface area (Å²) < 4.78 is 78.4. The molecule has 1 aromatic heterocycles. The van der Waals surface area contributed by atoms with Gasteiger partial charge in [0.25, 0.3) is 22.2 Å². The van der Waals surface area contributed by atoms with E-state index in [9.17, 15) is 36.4 Å². The summed E-state index contributed by atoms with van der Waals surface area (Å²) in [5, 5.41) is 20.3. The Morgan fingerprint density at radius 3 is 2.43 bits per heavy atom. The van der Waals surface area contributed by atoms with E-state index in [4.69, 9.17) is 4.84 Å². The first-order valence-corrected chi connectivity index (χ1v) is 14.4. The fraction of sp³-hybridized carbons (Fsp3) is 0.346. The summed E-state index contributed by atoms with van der Waals surface area (Å²) in [4.78, 5) is 28.3. The van der Waals surface area contributed by atoms with Crippen molar-refractivity contribution in [3.8, 4) is 16.9 Å². The van der Waals surface area contributed by atoms with Gasteiger partial charge in [0.15, 0.2) is 11.7 Å². The molecule has 1 fully saturated rings. The number of rotatable bonds is 9. The highest BCUT2D eigenvalue weighted by molar-refractivity contribution is 7.90. The van der Waals surface area contributed by atoms with E-state index in [0.29, 0.717) is 12.0 Å². The predicted molar refractivity (Wildman–Crippen MR) is 144 cm³/mol. The fourth-order valence-electron chi connectivity index (χ4n) is 4.25. The molecule has 1 amide bonds. The highest BCUT2D eigenvalue weighted by atomic mass is 32.2. The van der Waals surface area contributed by atoms with Crippen LogP contribution in [-0.4, -0.2) is 66.2 Å². The van der Waals surface area contributed by atoms with Gasteiger partial charge in [-0.3, -0.25) is 9.63 Å². The van der Waals surface area contributed by atoms with Crippen LogP contribution >= 0.6 is 0 Å². The number of hydrogen-bond acceptors (Lipinski definition) is 10. The molecule has 1 aliphatic heterocycles. The van der Waals surface area contributed by atoms with Crippen LogP contribution in [0, 0.1) is 12.1 Å². The number of carbonyl (C=O) groups is 2. The molecule has 1 saturated heterocycles. The quantitative estimate of drug-likeness (QED) is 0.118. The van der Waals surface area contributed by atoms with Gasteiger partial charge in [-0.05, 0) is 50.1 Å². The number of hydrazine groups is 1. The number of aromatic nitrogens is 2. The van der Waals surface area contributed by atoms with Gasteiger partial charge in [-0.15, -0.1) is 5.01 Å². The molecule has 236 valence electrons. The summed E-state index contributed by atoms with van der Waals surface area (Å²) in [7, 11) is -3.40. The molecule has 2 heterocycles. The van der Waals surface area contributed by atoms with E-state index >= 15 is 0 Å². The summed E-state index contributed by atoms with van der Waals surface area (Å²) in [5.41, 5.74) is 0.494. The molecule has 3 aromatic rings. The van der Waals surface area contributed by atoms with Crippen molar-refractivity contribution in [3.63, 3.8) is 0 Å². The van der Waals surface area contributed by atoms with E-state index in [2.05, 4.69) is 19.8 Å². The molecule has 4 rings (SSSR count). The second-order valence-corrected chi connectivity index (χ2v) is 11.2. The van der Waals surface area contributed by atoms with Gasteiger partial charge < -0.3 is 14.7 Å². The minimum Gasteiger partial charge on any atom is -0.569 e. The maximum atomic E-state index is 13.5. The largest absolute Gasteiger partial charge is 0.569 e. The van der Waals surface area contributed by atoms with Crippen molar-refractivity contribution in [2.45, 2.75) is 50.1 Å². The van der Waals surface area contributed by atoms with E-state index in [1.165, 1.54) is 19.1 Å². The van der Waals surface area contributed by atoms with E-state index < -0.39 is 46.3 Å². The third kappa shape index (κ3) is 7.36. The van der Waals surface area contributed by atoms with Crippen molar-refractivity contribution in [1.82, 2.24) is 19.5 Å². The molecule has 1 unspecified atom stereocenters. The molecule has 2 atom stereocenters. The molecular formula is C26H27F3N6O8S. The zero-order chi connectivity index (χ0) is 32.2. The third-order valence-corrected chi connectivity index (χ3v) is 7.78. The molecule has 0 radical (unpaired) electrons. The van der Waals surface area contributed by atoms with Crippen LogP contribution < -0.4 is 4.72 Å². The first kappa shape index (κ1) is 32.1. The highest BCUT2D eigenvalue weighted by Crippen LogP contribution is 2.33. The maximum Gasteiger partial charge on any atom is 0.511 e. The molecule has 0 saturated carbocycles. The van der Waals surface area contributed by atoms with Gasteiger partial charge in [-0.1, -0.05) is 29.8 Å². The van der Waals surface area contributed by atoms with Crippen LogP contribution in [0.1, 0.15) is 31.0 Å². The summed E-state index contributed by atoms with van der Waals surface area (Å²) >= 11 is 0. The molecule has 0 bridgehead atoms. The van der Waals surface area contributed by atoms with E-state index in [1.807, 2.05) is 11.6 Å². The average Bonchev–Trinajstić information content (AvgIpc) is 3.65. The smallest absolute Gasteiger partial charge is 0.511 e. The molecule has 0 spiro atoms. The van der Waals surface area contributed by atoms with Gasteiger partial charge in [-0.25, -0.2) is 22.6 Å². The number of halogens is 3. The number of nitrogens with zero attached hydrogens (tertiary/aromatic N) is 5. The Morgan fingerprint density at radius 2 is 1.82 bits per heavy atom. The monoisotopic (exact) mass is 640 g/mol. The van der Waals surface area contributed by atoms with Crippen LogP contribution in [0.25, 0.3) is 16.9 Å². The Hall–Kier alpha value is -4.87. The average molecular weight is 641 g/mol. The van der Waals surface area contributed by atoms with Crippen molar-refractivity contribution in [1.29, 1.82) is 0 Å². The molecule has 1 N–H and O–H groups in total. The second kappa shape index (κ2) is 12.8. The minimum absolute atomic E-state index is 0.0442. The summed E-state index contributed by atoms with van der Waals surface area (Å²) in [6.07, 6.45) is -6.63. The first-order chi connectivity index (χ1) is 20.7. The molecule has 44 heavy (non-hydrogen) atoms. The Bertz CT molecular complexity index is 1640. The van der Waals surface area contributed by atoms with Gasteiger partial charge in [0.1, 0.15) is 0 Å². The minimum atomic E-state index is -4.72. The lowest BCUT2D eigenvalue weighted by Crippen LogP contribution is -2.47. The number of sulfonamides is 1. The normalized spacial score (nSPS) is 16.4. The number of carbonyl (C=O) groups excluding carboxylic acids is 2. The van der Waals surface area contributed by atoms with E-state index in [0.717, 1.165) is 40.6 Å². The molecular weight excluding hydrogens is 613 g/mol. The zero-order valence-corrected chi connectivity index (χ0v) is 24.3. The summed E-state index contributed by atoms with van der Waals surface area (Å²) in [6.45, 7) is 3.13. The van der Waals surface area contributed by atoms with E-state index in [1.54, 1.807) is 24.3 Å². The highest BCUT2D eigenvalue weighted by Gasteiger charge is 2.39. The van der Waals surface area contributed by atoms with Gasteiger partial charge in [0.05, 0.1) is 34.9 Å². The van der Waals surface area contributed by atoms with Crippen molar-refractivity contribution in [2.75, 3.05) is 13.7 Å². The van der Waals surface area contributed by atoms with Crippen molar-refractivity contribution >= 4 is 22.1 Å². The Labute approximate surface area is 249 Å². The van der Waals surface area contributed by atoms with Gasteiger partial charge >= 0.3 is 12.3 Å². The fourth-order valence-corrected chi connectivity index (χ4v) is 5.27. The molecule has 14 nitrogen and oxygen atoms in total. The maximum absolute atomic E-state index is 13.5. The number of aryl methyl sites for hydroxylation is 1. The Kier molecular flexibility index (Phi) is 9.31. The van der Waals surface area contributed by atoms with Crippen LogP contribution in [0.2, 0.25) is 0 Å². The lowest BCUT2D eigenvalue weighted by Gasteiger charge is -2.20. The van der Waals surface area contributed by atoms with Crippen molar-refractivity contribution in [2.24, 2.45) is 5.28 Å². The van der Waals surface area contributed by atoms with Crippen molar-refractivity contribution < 1.29 is 50.5 Å². The van der Waals surface area contributed by atoms with Crippen LogP contribution in [0.3, 0.4) is 0 Å². The Morgan fingerprint density at radius 1 is 1.16 bits per heavy atom. The SMILES string of the molecule is COC(=O)OC(C)O/N=[N+](\[O-])N1CCC[C@H]1C(=O)NS(=O)(=O)c1ccc(-n2nc(C(F)(F)F)cc2-c2ccc(C)cc2)cc1. The van der Waals surface area contributed by atoms with Crippen LogP contribution in [0.5, 0.6) is 0 Å². The molecule has 18 heteroatoms. The number of methoxy groups -OCH3 is 1. The lowest BCUT2D eigenvalue weighted by molar-refractivity contribution is -0.713. The number of ether oxygens (including phenoxy) is 2. The summed E-state index contributed by atoms with van der Waals surface area (Å²) in [5.74, 6) is -1.02.